The number of nitrogens with two attached hydrogens (primary N) is 2. The number of nitrogen functional groups attached to an aromatic ring is 1. The maximum absolute atomic E-state index is 11.9. The average Bonchev–Trinajstić information content (AvgIpc) is 3.17. The number of rotatable bonds is 8. The van der Waals surface area contributed by atoms with Gasteiger partial charge in [0.25, 0.3) is 5.56 Å². The van der Waals surface area contributed by atoms with Crippen LogP contribution < -0.4 is 17.0 Å². The molecule has 3 aromatic rings. The van der Waals surface area contributed by atoms with E-state index in [2.05, 4.69) is 15.0 Å². The van der Waals surface area contributed by atoms with Crippen molar-refractivity contribution in [1.29, 1.82) is 0 Å². The van der Waals surface area contributed by atoms with Crippen LogP contribution in [0, 0.1) is 0 Å². The molecule has 3 rings (SSSR count). The Morgan fingerprint density at radius 2 is 1.85 bits per heavy atom. The lowest BCUT2D eigenvalue weighted by Gasteiger charge is -2.12. The Morgan fingerprint density at radius 3 is 2.47 bits per heavy atom. The molecule has 0 aliphatic heterocycles. The molecular formula is C19H21F3N6O6. The van der Waals surface area contributed by atoms with E-state index in [9.17, 15) is 22.8 Å². The van der Waals surface area contributed by atoms with Crippen LogP contribution in [0.2, 0.25) is 0 Å². The fraction of sp³-hybridized carbons (Fsp3) is 0.316. The molecule has 0 aliphatic carbocycles. The molecule has 0 saturated carbocycles. The van der Waals surface area contributed by atoms with E-state index < -0.39 is 29.7 Å². The fourth-order valence-electron chi connectivity index (χ4n) is 2.49. The Balaban J connectivity index is 0.000000509. The number of aliphatic carboxylic acids is 1. The standard InChI is InChI=1S/C17H20N6O4.C2HF3O2/c18-12(8-11-4-2-1-3-5-11)16(25)27-7-6-26-10-23-9-20-13-14(23)21-17(19)22-15(13)24;3-2(4,5)1(6)7/h1-5,9,12H,6-8,10,18H2,(H3,19,21,22,24);(H,6,7)/t12-;/m0./s1. The van der Waals surface area contributed by atoms with E-state index in [-0.39, 0.29) is 31.4 Å². The molecular weight excluding hydrogens is 465 g/mol. The zero-order chi connectivity index (χ0) is 25.3. The highest BCUT2D eigenvalue weighted by atomic mass is 19.4. The summed E-state index contributed by atoms with van der Waals surface area (Å²) < 4.78 is 43.8. The number of fused-ring (bicyclic) bond motifs is 1. The number of hydrogen-bond donors (Lipinski definition) is 4. The lowest BCUT2D eigenvalue weighted by atomic mass is 10.1. The Bertz CT molecular complexity index is 1160. The summed E-state index contributed by atoms with van der Waals surface area (Å²) in [7, 11) is 0. The van der Waals surface area contributed by atoms with Gasteiger partial charge < -0.3 is 26.0 Å². The Morgan fingerprint density at radius 1 is 1.21 bits per heavy atom. The van der Waals surface area contributed by atoms with Gasteiger partial charge in [-0.05, 0) is 12.0 Å². The van der Waals surface area contributed by atoms with Crippen LogP contribution in [0.15, 0.2) is 41.5 Å². The van der Waals surface area contributed by atoms with Gasteiger partial charge >= 0.3 is 18.1 Å². The number of benzene rings is 1. The highest BCUT2D eigenvalue weighted by Gasteiger charge is 2.38. The molecule has 0 fully saturated rings. The first-order valence-electron chi connectivity index (χ1n) is 9.53. The van der Waals surface area contributed by atoms with Crippen molar-refractivity contribution < 1.29 is 37.3 Å². The topological polar surface area (TPSA) is 188 Å². The van der Waals surface area contributed by atoms with Gasteiger partial charge in [0, 0.05) is 0 Å². The third kappa shape index (κ3) is 7.86. The molecule has 0 amide bonds. The summed E-state index contributed by atoms with van der Waals surface area (Å²) in [4.78, 5) is 42.9. The number of nitrogens with zero attached hydrogens (tertiary/aromatic N) is 3. The molecule has 12 nitrogen and oxygen atoms in total. The maximum atomic E-state index is 11.9. The predicted molar refractivity (Wildman–Crippen MR) is 111 cm³/mol. The van der Waals surface area contributed by atoms with Gasteiger partial charge in [0.05, 0.1) is 12.9 Å². The number of carbonyl (C=O) groups is 2. The first-order chi connectivity index (χ1) is 16.0. The lowest BCUT2D eigenvalue weighted by molar-refractivity contribution is -0.192. The van der Waals surface area contributed by atoms with Crippen LogP contribution in [0.25, 0.3) is 11.2 Å². The second-order valence-corrected chi connectivity index (χ2v) is 6.64. The molecule has 0 spiro atoms. The van der Waals surface area contributed by atoms with E-state index in [1.54, 1.807) is 0 Å². The Labute approximate surface area is 189 Å². The largest absolute Gasteiger partial charge is 0.490 e. The predicted octanol–water partition coefficient (Wildman–Crippen LogP) is 0.422. The molecule has 184 valence electrons. The first kappa shape index (κ1) is 26.3. The number of imidazole rings is 1. The number of nitrogens with one attached hydrogen (secondary N) is 1. The summed E-state index contributed by atoms with van der Waals surface area (Å²) in [6, 6.07) is 8.74. The molecule has 1 aromatic carbocycles. The summed E-state index contributed by atoms with van der Waals surface area (Å²) >= 11 is 0. The van der Waals surface area contributed by atoms with Crippen LogP contribution in [-0.2, 0) is 32.2 Å². The van der Waals surface area contributed by atoms with Gasteiger partial charge in [-0.3, -0.25) is 19.1 Å². The van der Waals surface area contributed by atoms with Crippen LogP contribution in [0.5, 0.6) is 0 Å². The van der Waals surface area contributed by atoms with E-state index >= 15 is 0 Å². The zero-order valence-electron chi connectivity index (χ0n) is 17.5. The molecule has 0 radical (unpaired) electrons. The summed E-state index contributed by atoms with van der Waals surface area (Å²) in [5.74, 6) is -3.25. The van der Waals surface area contributed by atoms with Crippen molar-refractivity contribution in [1.82, 2.24) is 19.5 Å². The SMILES string of the molecule is Nc1nc2c(ncn2COCCOC(=O)[C@@H](N)Cc2ccccc2)c(=O)[nH]1.O=C(O)C(F)(F)F. The van der Waals surface area contributed by atoms with Crippen LogP contribution in [0.3, 0.4) is 0 Å². The zero-order valence-corrected chi connectivity index (χ0v) is 17.5. The molecule has 0 aliphatic rings. The monoisotopic (exact) mass is 486 g/mol. The number of carbonyl (C=O) groups excluding carboxylic acids is 1. The molecule has 2 aromatic heterocycles. The molecule has 1 atom stereocenters. The van der Waals surface area contributed by atoms with Crippen molar-refractivity contribution >= 4 is 29.1 Å². The first-order valence-corrected chi connectivity index (χ1v) is 9.53. The summed E-state index contributed by atoms with van der Waals surface area (Å²) in [5, 5.41) is 7.12. The minimum atomic E-state index is -5.08. The number of esters is 1. The molecule has 6 N–H and O–H groups in total. The number of hydrogen-bond acceptors (Lipinski definition) is 9. The smallest absolute Gasteiger partial charge is 0.475 e. The molecule has 34 heavy (non-hydrogen) atoms. The maximum Gasteiger partial charge on any atom is 0.490 e. The Hall–Kier alpha value is -3.98. The van der Waals surface area contributed by atoms with Crippen molar-refractivity contribution in [2.45, 2.75) is 25.4 Å². The number of ether oxygens (including phenoxy) is 2. The number of aromatic nitrogens is 4. The number of H-pyrrole nitrogens is 1. The van der Waals surface area contributed by atoms with Gasteiger partial charge in [-0.2, -0.15) is 18.2 Å². The van der Waals surface area contributed by atoms with E-state index in [0.717, 1.165) is 5.56 Å². The van der Waals surface area contributed by atoms with Crippen LogP contribution in [0.1, 0.15) is 5.56 Å². The van der Waals surface area contributed by atoms with E-state index in [1.165, 1.54) is 10.9 Å². The minimum absolute atomic E-state index is 0.00409. The molecule has 0 bridgehead atoms. The number of alkyl halides is 3. The van der Waals surface area contributed by atoms with Crippen LogP contribution in [0.4, 0.5) is 19.1 Å². The van der Waals surface area contributed by atoms with Gasteiger partial charge in [-0.15, -0.1) is 0 Å². The highest BCUT2D eigenvalue weighted by Crippen LogP contribution is 2.13. The van der Waals surface area contributed by atoms with E-state index in [0.29, 0.717) is 12.1 Å². The normalized spacial score (nSPS) is 12.0. The second-order valence-electron chi connectivity index (χ2n) is 6.64. The molecule has 2 heterocycles. The van der Waals surface area contributed by atoms with Gasteiger partial charge in [0.15, 0.2) is 11.2 Å². The second kappa shape index (κ2) is 11.8. The van der Waals surface area contributed by atoms with Gasteiger partial charge in [0.2, 0.25) is 5.95 Å². The lowest BCUT2D eigenvalue weighted by Crippen LogP contribution is -2.35. The molecule has 15 heteroatoms. The van der Waals surface area contributed by atoms with Crippen molar-refractivity contribution in [2.24, 2.45) is 5.73 Å². The number of carboxylic acids is 1. The molecule has 0 saturated heterocycles. The fourth-order valence-corrected chi connectivity index (χ4v) is 2.49. The van der Waals surface area contributed by atoms with Crippen LogP contribution >= 0.6 is 0 Å². The van der Waals surface area contributed by atoms with Crippen molar-refractivity contribution in [3.63, 3.8) is 0 Å². The van der Waals surface area contributed by atoms with Crippen molar-refractivity contribution in [3.8, 4) is 0 Å². The highest BCUT2D eigenvalue weighted by molar-refractivity contribution is 5.76. The van der Waals surface area contributed by atoms with Gasteiger partial charge in [-0.25, -0.2) is 9.78 Å². The third-order valence-electron chi connectivity index (χ3n) is 4.04. The minimum Gasteiger partial charge on any atom is -0.475 e. The van der Waals surface area contributed by atoms with Gasteiger partial charge in [0.1, 0.15) is 19.4 Å². The summed E-state index contributed by atoms with van der Waals surface area (Å²) in [5.41, 5.74) is 12.4. The number of anilines is 1. The van der Waals surface area contributed by atoms with Crippen molar-refractivity contribution in [3.05, 3.63) is 52.6 Å². The third-order valence-corrected chi connectivity index (χ3v) is 4.04. The van der Waals surface area contributed by atoms with Crippen LogP contribution in [-0.4, -0.2) is 62.0 Å². The number of aromatic amines is 1. The van der Waals surface area contributed by atoms with E-state index in [1.807, 2.05) is 30.3 Å². The Kier molecular flexibility index (Phi) is 9.09. The van der Waals surface area contributed by atoms with Gasteiger partial charge in [-0.1, -0.05) is 30.3 Å². The van der Waals surface area contributed by atoms with E-state index in [4.69, 9.17) is 30.8 Å². The summed E-state index contributed by atoms with van der Waals surface area (Å²) in [6.07, 6.45) is -3.25. The van der Waals surface area contributed by atoms with Crippen molar-refractivity contribution in [2.75, 3.05) is 18.9 Å². The molecule has 0 unspecified atom stereocenters. The number of halogens is 3. The quantitative estimate of drug-likeness (QED) is 0.257. The average molecular weight is 486 g/mol. The summed E-state index contributed by atoms with van der Waals surface area (Å²) in [6.45, 7) is 0.298. The number of carboxylic acid groups (broad SMARTS) is 1.